The molecule has 4 aliphatic rings. The van der Waals surface area contributed by atoms with Crippen molar-refractivity contribution >= 4 is 23.6 Å². The maximum absolute atomic E-state index is 13.5. The molecule has 7 atom stereocenters. The van der Waals surface area contributed by atoms with Gasteiger partial charge in [-0.25, -0.2) is 4.98 Å². The monoisotopic (exact) mass is 724 g/mol. The zero-order chi connectivity index (χ0) is 37.3. The number of nitrogen functional groups attached to an aromatic ring is 1. The average molecular weight is 725 g/mol. The lowest BCUT2D eigenvalue weighted by molar-refractivity contribution is -0.124. The molecule has 3 heterocycles. The lowest BCUT2D eigenvalue weighted by Crippen LogP contribution is -2.48. The van der Waals surface area contributed by atoms with Crippen LogP contribution < -0.4 is 15.8 Å². The number of carbonyl (C=O) groups excluding carboxylic acids is 2. The van der Waals surface area contributed by atoms with Crippen molar-refractivity contribution in [2.24, 2.45) is 22.7 Å². The summed E-state index contributed by atoms with van der Waals surface area (Å²) in [4.78, 5) is 34.0. The molecule has 0 unspecified atom stereocenters. The standard InChI is InChI=1S/C43H56N4O6/c1-53-42-20-31-10-15-40(51)36(39(50)5-3-2-4-27-18-32-8-13-35(49)22-38(32)46-25-27)14-9-29(37(31)23-41(42)52)6-11-34(48)12-7-30-21-43(44)47-26-33(30)19-28-16-17-45-24-28/h16,20-21,23-24,26-27,29,32,34,36,38-39,46,48,50,52H,2-8,10-13,15,17-19,22,25H2,1H3,(H2,44,47)/t27-,29+,32+,34-,36+,38+,39+/m0/s1. The second-order valence-electron chi connectivity index (χ2n) is 15.6. The molecule has 1 saturated heterocycles. The smallest absolute Gasteiger partial charge is 0.160 e. The van der Waals surface area contributed by atoms with E-state index in [2.05, 4.69) is 33.2 Å². The van der Waals surface area contributed by atoms with Crippen molar-refractivity contribution < 1.29 is 29.6 Å². The van der Waals surface area contributed by atoms with E-state index < -0.39 is 18.1 Å². The molecule has 2 aromatic rings. The molecular formula is C43H56N4O6. The third-order valence-electron chi connectivity index (χ3n) is 11.8. The molecule has 284 valence electrons. The molecule has 10 nitrogen and oxygen atoms in total. The topological polar surface area (TPSA) is 167 Å². The summed E-state index contributed by atoms with van der Waals surface area (Å²) >= 11 is 0. The number of hydrogen-bond acceptors (Lipinski definition) is 10. The van der Waals surface area contributed by atoms with Crippen LogP contribution in [0.2, 0.25) is 0 Å². The Morgan fingerprint density at radius 1 is 1.04 bits per heavy atom. The molecule has 1 aromatic heterocycles. The fraction of sp³-hybridized carbons (Fsp3) is 0.581. The van der Waals surface area contributed by atoms with Crippen molar-refractivity contribution in [1.82, 2.24) is 10.3 Å². The number of methoxy groups -OCH3 is 1. The van der Waals surface area contributed by atoms with Gasteiger partial charge in [-0.3, -0.25) is 14.6 Å². The van der Waals surface area contributed by atoms with Crippen LogP contribution in [-0.2, 0) is 28.9 Å². The number of benzene rings is 1. The van der Waals surface area contributed by atoms with E-state index in [0.717, 1.165) is 72.9 Å². The van der Waals surface area contributed by atoms with E-state index in [1.54, 1.807) is 12.1 Å². The summed E-state index contributed by atoms with van der Waals surface area (Å²) in [5.74, 6) is 7.62. The largest absolute Gasteiger partial charge is 0.504 e. The number of aromatic nitrogens is 1. The first-order valence-electron chi connectivity index (χ1n) is 19.6. The summed E-state index contributed by atoms with van der Waals surface area (Å²) in [6.07, 6.45) is 14.7. The van der Waals surface area contributed by atoms with Gasteiger partial charge in [-0.1, -0.05) is 30.8 Å². The van der Waals surface area contributed by atoms with Gasteiger partial charge in [0.15, 0.2) is 17.3 Å². The number of aryl methyl sites for hydroxylation is 2. The number of phenols is 1. The Labute approximate surface area is 313 Å². The molecule has 0 spiro atoms. The molecule has 6 N–H and O–H groups in total. The van der Waals surface area contributed by atoms with Crippen LogP contribution in [0, 0.1) is 29.6 Å². The van der Waals surface area contributed by atoms with E-state index in [9.17, 15) is 24.9 Å². The lowest BCUT2D eigenvalue weighted by Gasteiger charge is -2.39. The van der Waals surface area contributed by atoms with Crippen LogP contribution in [0.5, 0.6) is 11.5 Å². The lowest BCUT2D eigenvalue weighted by atomic mass is 9.74. The predicted molar refractivity (Wildman–Crippen MR) is 206 cm³/mol. The zero-order valence-corrected chi connectivity index (χ0v) is 31.1. The fourth-order valence-electron chi connectivity index (χ4n) is 8.71. The number of aliphatic imine (C=N–C) groups is 1. The van der Waals surface area contributed by atoms with Crippen LogP contribution in [0.15, 0.2) is 41.0 Å². The summed E-state index contributed by atoms with van der Waals surface area (Å²) in [6, 6.07) is 5.69. The SMILES string of the molecule is COc1cc2c(cc1O)[C@H](CC[C@H](O)CCc1cc(N)ncc1CC1=CCN=C1)C#C[C@H]([C@H](O)CCCC[C@@H]1CN[C@@H]3CC(=O)CC[C@@H]3C1)C(=O)CC2. The summed E-state index contributed by atoms with van der Waals surface area (Å²) in [5, 5.41) is 36.9. The van der Waals surface area contributed by atoms with Gasteiger partial charge < -0.3 is 31.1 Å². The Bertz CT molecular complexity index is 1740. The summed E-state index contributed by atoms with van der Waals surface area (Å²) in [6.45, 7) is 1.64. The minimum absolute atomic E-state index is 0.00615. The third kappa shape index (κ3) is 10.3. The quantitative estimate of drug-likeness (QED) is 0.123. The average Bonchev–Trinajstić information content (AvgIpc) is 3.68. The van der Waals surface area contributed by atoms with Crippen molar-refractivity contribution in [3.05, 3.63) is 58.3 Å². The number of nitrogens with two attached hydrogens (primary N) is 1. The van der Waals surface area contributed by atoms with E-state index in [0.29, 0.717) is 93.1 Å². The molecule has 53 heavy (non-hydrogen) atoms. The van der Waals surface area contributed by atoms with Gasteiger partial charge >= 0.3 is 0 Å². The number of allylic oxidation sites excluding steroid dienone is 1. The van der Waals surface area contributed by atoms with Gasteiger partial charge in [0.1, 0.15) is 17.5 Å². The van der Waals surface area contributed by atoms with Gasteiger partial charge in [0.2, 0.25) is 0 Å². The van der Waals surface area contributed by atoms with Gasteiger partial charge in [-0.05, 0) is 122 Å². The Hall–Kier alpha value is -4.04. The van der Waals surface area contributed by atoms with Gasteiger partial charge in [-0.2, -0.15) is 0 Å². The summed E-state index contributed by atoms with van der Waals surface area (Å²) < 4.78 is 5.40. The van der Waals surface area contributed by atoms with Crippen molar-refractivity contribution in [2.45, 2.75) is 120 Å². The first kappa shape index (κ1) is 38.7. The highest BCUT2D eigenvalue weighted by Gasteiger charge is 2.34. The number of phenolic OH excluding ortho intramolecular Hbond substituents is 1. The van der Waals surface area contributed by atoms with E-state index >= 15 is 0 Å². The van der Waals surface area contributed by atoms with Crippen LogP contribution in [0.1, 0.15) is 105 Å². The number of nitrogens with zero attached hydrogens (tertiary/aromatic N) is 2. The normalized spacial score (nSPS) is 25.2. The van der Waals surface area contributed by atoms with E-state index in [-0.39, 0.29) is 23.9 Å². The minimum atomic E-state index is -0.864. The molecule has 1 saturated carbocycles. The van der Waals surface area contributed by atoms with Gasteiger partial charge in [0, 0.05) is 50.1 Å². The van der Waals surface area contributed by atoms with Crippen LogP contribution in [0.4, 0.5) is 5.82 Å². The van der Waals surface area contributed by atoms with Crippen LogP contribution in [0.25, 0.3) is 0 Å². The first-order chi connectivity index (χ1) is 25.7. The molecule has 6 rings (SSSR count). The first-order valence-corrected chi connectivity index (χ1v) is 19.6. The number of ether oxygens (including phenoxy) is 1. The van der Waals surface area contributed by atoms with Crippen LogP contribution >= 0.6 is 0 Å². The number of aliphatic hydroxyl groups is 2. The van der Waals surface area contributed by atoms with Crippen molar-refractivity contribution in [3.8, 4) is 23.3 Å². The number of hydrogen-bond donors (Lipinski definition) is 5. The number of fused-ring (bicyclic) bond motifs is 2. The highest BCUT2D eigenvalue weighted by atomic mass is 16.5. The van der Waals surface area contributed by atoms with Gasteiger partial charge in [-0.15, -0.1) is 0 Å². The van der Waals surface area contributed by atoms with Crippen molar-refractivity contribution in [2.75, 3.05) is 25.9 Å². The molecule has 2 aliphatic carbocycles. The predicted octanol–water partition coefficient (Wildman–Crippen LogP) is 5.19. The molecule has 0 bridgehead atoms. The van der Waals surface area contributed by atoms with Gasteiger partial charge in [0.25, 0.3) is 0 Å². The molecule has 1 aromatic carbocycles. The molecule has 2 aliphatic heterocycles. The van der Waals surface area contributed by atoms with Crippen LogP contribution in [-0.4, -0.2) is 76.5 Å². The summed E-state index contributed by atoms with van der Waals surface area (Å²) in [5.41, 5.74) is 11.0. The highest BCUT2D eigenvalue weighted by molar-refractivity contribution is 5.85. The Morgan fingerprint density at radius 3 is 2.72 bits per heavy atom. The Kier molecular flexibility index (Phi) is 13.4. The number of unbranched alkanes of at least 4 members (excludes halogenated alkanes) is 1. The number of ketones is 2. The number of carbonyl (C=O) groups is 2. The van der Waals surface area contributed by atoms with E-state index in [4.69, 9.17) is 10.5 Å². The van der Waals surface area contributed by atoms with Crippen molar-refractivity contribution in [3.63, 3.8) is 0 Å². The minimum Gasteiger partial charge on any atom is -0.504 e. The number of aliphatic hydroxyl groups excluding tert-OH is 2. The molecule has 0 radical (unpaired) electrons. The second kappa shape index (κ2) is 18.3. The zero-order valence-electron chi connectivity index (χ0n) is 31.1. The molecule has 10 heteroatoms. The van der Waals surface area contributed by atoms with Gasteiger partial charge in [0.05, 0.1) is 25.9 Å². The number of rotatable bonds is 15. The maximum atomic E-state index is 13.5. The Morgan fingerprint density at radius 2 is 1.91 bits per heavy atom. The highest BCUT2D eigenvalue weighted by Crippen LogP contribution is 2.37. The number of aromatic hydroxyl groups is 1. The molecule has 2 fully saturated rings. The van der Waals surface area contributed by atoms with Crippen molar-refractivity contribution in [1.29, 1.82) is 0 Å². The van der Waals surface area contributed by atoms with E-state index in [1.807, 2.05) is 18.5 Å². The van der Waals surface area contributed by atoms with E-state index in [1.165, 1.54) is 7.11 Å². The second-order valence-corrected chi connectivity index (χ2v) is 15.6. The molecular weight excluding hydrogens is 668 g/mol. The summed E-state index contributed by atoms with van der Waals surface area (Å²) in [7, 11) is 1.50. The molecule has 0 amide bonds. The number of Topliss-reactive ketones (excluding diaryl/α,β-unsaturated/α-hetero) is 2. The maximum Gasteiger partial charge on any atom is 0.160 e. The fourth-order valence-corrected chi connectivity index (χ4v) is 8.71. The third-order valence-corrected chi connectivity index (χ3v) is 11.8. The number of anilines is 1. The number of pyridine rings is 1. The Balaban J connectivity index is 1.08. The number of piperidine rings is 1. The van der Waals surface area contributed by atoms with Crippen LogP contribution in [0.3, 0.4) is 0 Å². The number of nitrogens with one attached hydrogen (secondary N) is 1.